The van der Waals surface area contributed by atoms with Crippen molar-refractivity contribution in [2.45, 2.75) is 61.4 Å². The summed E-state index contributed by atoms with van der Waals surface area (Å²) in [5, 5.41) is 3.68. The average Bonchev–Trinajstić information content (AvgIpc) is 2.71. The number of rotatable bonds is 7. The zero-order chi connectivity index (χ0) is 22.9. The van der Waals surface area contributed by atoms with Crippen LogP contribution in [0, 0.1) is 19.3 Å². The van der Waals surface area contributed by atoms with E-state index in [1.54, 1.807) is 0 Å². The van der Waals surface area contributed by atoms with Crippen LogP contribution < -0.4 is 5.32 Å². The van der Waals surface area contributed by atoms with E-state index in [4.69, 9.17) is 0 Å². The van der Waals surface area contributed by atoms with Gasteiger partial charge in [-0.3, -0.25) is 0 Å². The highest BCUT2D eigenvalue weighted by Crippen LogP contribution is 2.39. The van der Waals surface area contributed by atoms with Gasteiger partial charge in [-0.15, -0.1) is 0 Å². The summed E-state index contributed by atoms with van der Waals surface area (Å²) in [5.41, 5.74) is 11.1. The van der Waals surface area contributed by atoms with E-state index in [0.29, 0.717) is 5.41 Å². The van der Waals surface area contributed by atoms with Crippen molar-refractivity contribution < 1.29 is 0 Å². The molecule has 0 aliphatic carbocycles. The summed E-state index contributed by atoms with van der Waals surface area (Å²) in [7, 11) is 0. The van der Waals surface area contributed by atoms with Crippen LogP contribution in [0.5, 0.6) is 0 Å². The van der Waals surface area contributed by atoms with E-state index in [0.717, 1.165) is 42.3 Å². The molecule has 0 amide bonds. The van der Waals surface area contributed by atoms with Gasteiger partial charge in [0.2, 0.25) is 0 Å². The van der Waals surface area contributed by atoms with Gasteiger partial charge in [0.25, 0.3) is 0 Å². The van der Waals surface area contributed by atoms with E-state index in [1.807, 2.05) is 0 Å². The van der Waals surface area contributed by atoms with Gasteiger partial charge in [-0.05, 0) is 63.8 Å². The highest BCUT2D eigenvalue weighted by Gasteiger charge is 2.38. The number of allylic oxidation sites excluding steroid dienone is 3. The third-order valence-electron chi connectivity index (χ3n) is 7.07. The van der Waals surface area contributed by atoms with Crippen LogP contribution in [0.15, 0.2) is 77.6 Å². The lowest BCUT2D eigenvalue weighted by atomic mass is 9.79. The fourth-order valence-corrected chi connectivity index (χ4v) is 4.26. The van der Waals surface area contributed by atoms with Crippen LogP contribution in [0.2, 0.25) is 0 Å². The average molecular weight is 418 g/mol. The second kappa shape index (κ2) is 8.82. The van der Waals surface area contributed by atoms with E-state index >= 15 is 0 Å². The molecule has 2 aliphatic heterocycles. The number of aryl methyl sites for hydroxylation is 2. The van der Waals surface area contributed by atoms with Crippen molar-refractivity contribution in [3.8, 4) is 0 Å². The van der Waals surface area contributed by atoms with Crippen molar-refractivity contribution in [1.82, 2.24) is 15.1 Å². The summed E-state index contributed by atoms with van der Waals surface area (Å²) in [5.74, 6) is 0. The molecule has 0 saturated carbocycles. The number of benzene rings is 1. The predicted molar refractivity (Wildman–Crippen MR) is 133 cm³/mol. The Morgan fingerprint density at radius 2 is 1.74 bits per heavy atom. The summed E-state index contributed by atoms with van der Waals surface area (Å²) in [6, 6.07) is 6.47. The first-order valence-electron chi connectivity index (χ1n) is 11.4. The molecule has 1 aromatic carbocycles. The van der Waals surface area contributed by atoms with Crippen molar-refractivity contribution in [3.63, 3.8) is 0 Å². The van der Waals surface area contributed by atoms with Crippen LogP contribution in [-0.4, -0.2) is 22.9 Å². The summed E-state index contributed by atoms with van der Waals surface area (Å²) in [6.07, 6.45) is 5.61. The summed E-state index contributed by atoms with van der Waals surface area (Å²) >= 11 is 0. The Morgan fingerprint density at radius 3 is 2.29 bits per heavy atom. The molecule has 0 spiro atoms. The van der Waals surface area contributed by atoms with Gasteiger partial charge in [-0.2, -0.15) is 0 Å². The topological polar surface area (TPSA) is 18.5 Å². The highest BCUT2D eigenvalue weighted by molar-refractivity contribution is 5.50. The molecule has 3 heteroatoms. The number of hydrogen-bond acceptors (Lipinski definition) is 3. The summed E-state index contributed by atoms with van der Waals surface area (Å²) in [4.78, 5) is 4.61. The quantitative estimate of drug-likeness (QED) is 0.543. The molecule has 0 atom stereocenters. The number of nitrogens with zero attached hydrogens (tertiary/aromatic N) is 2. The van der Waals surface area contributed by atoms with Crippen molar-refractivity contribution in [2.75, 3.05) is 13.1 Å². The van der Waals surface area contributed by atoms with Crippen molar-refractivity contribution >= 4 is 0 Å². The smallest absolute Gasteiger partial charge is 0.0612 e. The minimum absolute atomic E-state index is 0.407. The Morgan fingerprint density at radius 1 is 1.13 bits per heavy atom. The van der Waals surface area contributed by atoms with Crippen molar-refractivity contribution in [1.29, 1.82) is 0 Å². The second-order valence-corrected chi connectivity index (χ2v) is 9.74. The third-order valence-corrected chi connectivity index (χ3v) is 7.07. The minimum atomic E-state index is 0.407. The van der Waals surface area contributed by atoms with Crippen LogP contribution in [0.25, 0.3) is 0 Å². The van der Waals surface area contributed by atoms with Crippen LogP contribution in [0.4, 0.5) is 0 Å². The van der Waals surface area contributed by atoms with E-state index < -0.39 is 0 Å². The molecule has 166 valence electrons. The lowest BCUT2D eigenvalue weighted by Crippen LogP contribution is -2.53. The van der Waals surface area contributed by atoms with Gasteiger partial charge < -0.3 is 15.1 Å². The van der Waals surface area contributed by atoms with Gasteiger partial charge in [-0.25, -0.2) is 0 Å². The first-order chi connectivity index (χ1) is 14.6. The van der Waals surface area contributed by atoms with Crippen LogP contribution in [0.3, 0.4) is 0 Å². The molecule has 0 aromatic heterocycles. The second-order valence-electron chi connectivity index (χ2n) is 9.74. The Hall–Kier alpha value is -2.68. The molecular weight excluding hydrogens is 378 g/mol. The largest absolute Gasteiger partial charge is 0.379 e. The van der Waals surface area contributed by atoms with Crippen LogP contribution >= 0.6 is 0 Å². The van der Waals surface area contributed by atoms with Gasteiger partial charge >= 0.3 is 0 Å². The predicted octanol–water partition coefficient (Wildman–Crippen LogP) is 6.55. The summed E-state index contributed by atoms with van der Waals surface area (Å²) in [6.45, 7) is 27.2. The molecule has 2 heterocycles. The standard InChI is InChI=1S/C28H39N3/c1-10-28(9)17-30(18-28)23(7)25-14-27(24(8)31(16-25)22(6)19(2)3)29-15-26-20(4)12-11-13-21(26)5/h11-14,16,29H,7-8,10,15,17-18H2,1-6,9H3. The fourth-order valence-electron chi connectivity index (χ4n) is 4.26. The lowest BCUT2D eigenvalue weighted by molar-refractivity contribution is 0.0459. The molecule has 0 unspecified atom stereocenters. The Balaban J connectivity index is 1.88. The molecule has 3 rings (SSSR count). The van der Waals surface area contributed by atoms with Gasteiger partial charge in [0.15, 0.2) is 0 Å². The molecule has 3 nitrogen and oxygen atoms in total. The Kier molecular flexibility index (Phi) is 6.54. The molecule has 2 aliphatic rings. The van der Waals surface area contributed by atoms with E-state index in [1.165, 1.54) is 34.4 Å². The van der Waals surface area contributed by atoms with Gasteiger partial charge in [0, 0.05) is 48.2 Å². The lowest BCUT2D eigenvalue weighted by Gasteiger charge is -2.50. The van der Waals surface area contributed by atoms with Gasteiger partial charge in [0.05, 0.1) is 11.4 Å². The molecule has 1 fully saturated rings. The van der Waals surface area contributed by atoms with Gasteiger partial charge in [0.1, 0.15) is 0 Å². The monoisotopic (exact) mass is 417 g/mol. The SMILES string of the molecule is C=C(C1=CN(C(C)=C(C)C)C(=C)C(NCc2c(C)cccc2C)=C1)N1CC(C)(CC)C1. The normalized spacial score (nSPS) is 17.6. The van der Waals surface area contributed by atoms with Crippen LogP contribution in [0.1, 0.15) is 57.7 Å². The molecule has 31 heavy (non-hydrogen) atoms. The zero-order valence-electron chi connectivity index (χ0n) is 20.5. The first-order valence-corrected chi connectivity index (χ1v) is 11.4. The maximum absolute atomic E-state index is 4.46. The Labute approximate surface area is 189 Å². The van der Waals surface area contributed by atoms with E-state index in [9.17, 15) is 0 Å². The fraction of sp³-hybridized carbons (Fsp3) is 0.429. The number of hydrogen-bond donors (Lipinski definition) is 1. The highest BCUT2D eigenvalue weighted by atomic mass is 15.2. The molecule has 0 radical (unpaired) electrons. The first kappa shape index (κ1) is 23.0. The maximum atomic E-state index is 4.46. The van der Waals surface area contributed by atoms with E-state index in [-0.39, 0.29) is 0 Å². The number of nitrogens with one attached hydrogen (secondary N) is 1. The number of likely N-dealkylation sites (tertiary alicyclic amines) is 1. The molecule has 0 bridgehead atoms. The van der Waals surface area contributed by atoms with Crippen LogP contribution in [-0.2, 0) is 6.54 Å². The maximum Gasteiger partial charge on any atom is 0.0612 e. The Bertz CT molecular complexity index is 959. The third kappa shape index (κ3) is 4.66. The zero-order valence-corrected chi connectivity index (χ0v) is 20.5. The minimum Gasteiger partial charge on any atom is -0.379 e. The van der Waals surface area contributed by atoms with Crippen molar-refractivity contribution in [2.24, 2.45) is 5.41 Å². The molecule has 1 aromatic rings. The summed E-state index contributed by atoms with van der Waals surface area (Å²) < 4.78 is 0. The van der Waals surface area contributed by atoms with Gasteiger partial charge in [-0.1, -0.05) is 50.8 Å². The van der Waals surface area contributed by atoms with Crippen molar-refractivity contribution in [3.05, 3.63) is 94.3 Å². The molecule has 1 N–H and O–H groups in total. The van der Waals surface area contributed by atoms with E-state index in [2.05, 4.69) is 107 Å². The molecular formula is C28H39N3. The molecule has 1 saturated heterocycles.